The Kier molecular flexibility index (Phi) is 8.19. The Balaban J connectivity index is 1.83. The van der Waals surface area contributed by atoms with Gasteiger partial charge in [0.15, 0.2) is 0 Å². The molecule has 6 amide bonds. The van der Waals surface area contributed by atoms with Crippen LogP contribution in [0.2, 0.25) is 0 Å². The summed E-state index contributed by atoms with van der Waals surface area (Å²) in [6.07, 6.45) is 2.14. The van der Waals surface area contributed by atoms with E-state index in [1.807, 2.05) is 13.8 Å². The summed E-state index contributed by atoms with van der Waals surface area (Å²) in [5.41, 5.74) is 9.97. The minimum absolute atomic E-state index is 0.0584. The number of nitrogens with one attached hydrogen (secondary N) is 3. The molecule has 12 heteroatoms. The first-order valence-electron chi connectivity index (χ1n) is 13.3. The Morgan fingerprint density at radius 3 is 2.08 bits per heavy atom. The Bertz CT molecular complexity index is 1080. The van der Waals surface area contributed by atoms with Crippen molar-refractivity contribution in [3.8, 4) is 0 Å². The minimum atomic E-state index is -1.12. The van der Waals surface area contributed by atoms with E-state index in [-0.39, 0.29) is 23.2 Å². The van der Waals surface area contributed by atoms with Gasteiger partial charge in [-0.25, -0.2) is 4.79 Å². The number of carbonyl (C=O) groups excluding carboxylic acids is 6. The van der Waals surface area contributed by atoms with E-state index in [0.717, 1.165) is 12.8 Å². The monoisotopic (exact) mass is 546 g/mol. The Morgan fingerprint density at radius 1 is 1.03 bits per heavy atom. The smallest absolute Gasteiger partial charge is 0.316 e. The summed E-state index contributed by atoms with van der Waals surface area (Å²) in [7, 11) is 0. The number of ketones is 1. The van der Waals surface area contributed by atoms with Crippen LogP contribution in [-0.4, -0.2) is 71.1 Å². The number of urea groups is 1. The van der Waals surface area contributed by atoms with Crippen molar-refractivity contribution in [2.75, 3.05) is 6.54 Å². The van der Waals surface area contributed by atoms with E-state index >= 15 is 0 Å². The summed E-state index contributed by atoms with van der Waals surface area (Å²) in [5.74, 6) is -3.60. The van der Waals surface area contributed by atoms with Crippen molar-refractivity contribution in [3.63, 3.8) is 0 Å². The van der Waals surface area contributed by atoms with Crippen LogP contribution >= 0.6 is 0 Å². The third-order valence-electron chi connectivity index (χ3n) is 8.34. The van der Waals surface area contributed by atoms with Crippen molar-refractivity contribution < 1.29 is 28.8 Å². The first-order chi connectivity index (χ1) is 17.9. The van der Waals surface area contributed by atoms with Crippen molar-refractivity contribution in [1.82, 2.24) is 20.9 Å². The number of rotatable bonds is 11. The highest BCUT2D eigenvalue weighted by molar-refractivity contribution is 6.37. The Hall–Kier alpha value is -3.44. The van der Waals surface area contributed by atoms with Gasteiger partial charge in [0.25, 0.3) is 5.91 Å². The molecular formula is C27H42N6O6. The van der Waals surface area contributed by atoms with Crippen LogP contribution in [0.15, 0.2) is 12.2 Å². The van der Waals surface area contributed by atoms with Gasteiger partial charge in [-0.1, -0.05) is 54.0 Å². The number of nitrogens with two attached hydrogens (primary N) is 2. The third kappa shape index (κ3) is 6.42. The Morgan fingerprint density at radius 2 is 1.62 bits per heavy atom. The van der Waals surface area contributed by atoms with Gasteiger partial charge in [0.05, 0.1) is 6.04 Å². The van der Waals surface area contributed by atoms with Crippen LogP contribution in [-0.2, 0) is 24.0 Å². The van der Waals surface area contributed by atoms with E-state index in [1.54, 1.807) is 27.7 Å². The van der Waals surface area contributed by atoms with Crippen LogP contribution in [0.1, 0.15) is 60.8 Å². The number of hydrogen-bond donors (Lipinski definition) is 5. The predicted molar refractivity (Wildman–Crippen MR) is 142 cm³/mol. The van der Waals surface area contributed by atoms with Crippen molar-refractivity contribution in [2.45, 2.75) is 85.0 Å². The SMILES string of the molecule is C=C(C)[C@H](NC(=O)N[C@H](C(=O)N1C[C@H]2[C@@H]([C@H]1C(=O)NC(CC1CC1)C(=O)C(N)=O)C2(C)C)C(C)(C)C)C(N)=O. The van der Waals surface area contributed by atoms with Crippen LogP contribution in [0.5, 0.6) is 0 Å². The topological polar surface area (TPSA) is 194 Å². The third-order valence-corrected chi connectivity index (χ3v) is 8.34. The molecule has 0 radical (unpaired) electrons. The van der Waals surface area contributed by atoms with Crippen LogP contribution in [0.4, 0.5) is 4.79 Å². The molecule has 0 aromatic heterocycles. The zero-order chi connectivity index (χ0) is 29.6. The van der Waals surface area contributed by atoms with E-state index in [2.05, 4.69) is 22.5 Å². The summed E-state index contributed by atoms with van der Waals surface area (Å²) in [5, 5.41) is 7.82. The molecule has 2 aliphatic carbocycles. The lowest BCUT2D eigenvalue weighted by molar-refractivity contribution is -0.145. The van der Waals surface area contributed by atoms with E-state index in [4.69, 9.17) is 11.5 Å². The van der Waals surface area contributed by atoms with Crippen molar-refractivity contribution in [2.24, 2.45) is 40.1 Å². The van der Waals surface area contributed by atoms with E-state index in [1.165, 1.54) is 4.90 Å². The summed E-state index contributed by atoms with van der Waals surface area (Å²) in [4.78, 5) is 77.7. The first kappa shape index (κ1) is 30.1. The lowest BCUT2D eigenvalue weighted by atomic mass is 9.85. The fourth-order valence-corrected chi connectivity index (χ4v) is 5.72. The molecule has 3 aliphatic rings. The number of likely N-dealkylation sites (tertiary alicyclic amines) is 1. The summed E-state index contributed by atoms with van der Waals surface area (Å²) in [6.45, 7) is 14.9. The number of amides is 6. The molecule has 39 heavy (non-hydrogen) atoms. The fraction of sp³-hybridized carbons (Fsp3) is 0.704. The zero-order valence-electron chi connectivity index (χ0n) is 23.6. The van der Waals surface area contributed by atoms with E-state index < -0.39 is 65.0 Å². The number of piperidine rings is 1. The van der Waals surface area contributed by atoms with Crippen molar-refractivity contribution in [3.05, 3.63) is 12.2 Å². The predicted octanol–water partition coefficient (Wildman–Crippen LogP) is -0.0474. The first-order valence-corrected chi connectivity index (χ1v) is 13.3. The lowest BCUT2D eigenvalue weighted by Crippen LogP contribution is -2.62. The van der Waals surface area contributed by atoms with Gasteiger partial charge >= 0.3 is 6.03 Å². The number of primary amides is 2. The molecule has 1 unspecified atom stereocenters. The van der Waals surface area contributed by atoms with Crippen molar-refractivity contribution in [1.29, 1.82) is 0 Å². The molecule has 0 aromatic rings. The molecule has 2 saturated carbocycles. The van der Waals surface area contributed by atoms with E-state index in [9.17, 15) is 28.8 Å². The molecule has 1 aliphatic heterocycles. The zero-order valence-corrected chi connectivity index (χ0v) is 23.6. The average Bonchev–Trinajstić information content (AvgIpc) is 3.65. The van der Waals surface area contributed by atoms with E-state index in [0.29, 0.717) is 18.5 Å². The normalized spacial score (nSPS) is 25.4. The van der Waals surface area contributed by atoms with Crippen LogP contribution in [0.3, 0.4) is 0 Å². The molecule has 6 atom stereocenters. The van der Waals surface area contributed by atoms with Gasteiger partial charge in [-0.15, -0.1) is 0 Å². The summed E-state index contributed by atoms with van der Waals surface area (Å²) < 4.78 is 0. The molecule has 0 spiro atoms. The summed E-state index contributed by atoms with van der Waals surface area (Å²) in [6, 6.07) is -4.89. The molecule has 3 rings (SSSR count). The average molecular weight is 547 g/mol. The largest absolute Gasteiger partial charge is 0.368 e. The highest BCUT2D eigenvalue weighted by Crippen LogP contribution is 2.65. The molecule has 216 valence electrons. The molecular weight excluding hydrogens is 504 g/mol. The fourth-order valence-electron chi connectivity index (χ4n) is 5.72. The number of hydrogen-bond acceptors (Lipinski definition) is 6. The molecule has 0 bridgehead atoms. The maximum absolute atomic E-state index is 13.9. The number of fused-ring (bicyclic) bond motifs is 1. The second-order valence-electron chi connectivity index (χ2n) is 13.0. The second kappa shape index (κ2) is 10.6. The minimum Gasteiger partial charge on any atom is -0.368 e. The molecule has 1 saturated heterocycles. The highest BCUT2D eigenvalue weighted by atomic mass is 16.2. The molecule has 3 fully saturated rings. The maximum Gasteiger partial charge on any atom is 0.316 e. The Labute approximate surface area is 229 Å². The van der Waals surface area contributed by atoms with Gasteiger partial charge in [-0.2, -0.15) is 0 Å². The lowest BCUT2D eigenvalue weighted by Gasteiger charge is -2.38. The van der Waals surface area contributed by atoms with Crippen LogP contribution < -0.4 is 27.4 Å². The van der Waals surface area contributed by atoms with Gasteiger partial charge in [-0.3, -0.25) is 24.0 Å². The quantitative estimate of drug-likeness (QED) is 0.178. The second-order valence-corrected chi connectivity index (χ2v) is 13.0. The van der Waals surface area contributed by atoms with Crippen molar-refractivity contribution >= 4 is 35.4 Å². The van der Waals surface area contributed by atoms with Gasteiger partial charge in [-0.05, 0) is 47.5 Å². The van der Waals surface area contributed by atoms with Crippen LogP contribution in [0.25, 0.3) is 0 Å². The maximum atomic E-state index is 13.9. The number of carbonyl (C=O) groups is 6. The van der Waals surface area contributed by atoms with Gasteiger partial charge < -0.3 is 32.3 Å². The summed E-state index contributed by atoms with van der Waals surface area (Å²) >= 11 is 0. The van der Waals surface area contributed by atoms with Gasteiger partial charge in [0.1, 0.15) is 18.1 Å². The molecule has 7 N–H and O–H groups in total. The number of nitrogens with zero attached hydrogens (tertiary/aromatic N) is 1. The number of Topliss-reactive ketones (excluding diaryl/α,β-unsaturated/α-hetero) is 1. The standard InChI is InChI=1S/C27H42N6O6/c1-12(2)17(21(28)35)31-25(39)32-20(26(3,4)5)24(38)33-11-14-16(27(14,6)7)18(33)23(37)30-15(10-13-8-9-13)19(34)22(29)36/h13-18,20H,1,8-11H2,2-7H3,(H2,28,35)(H2,29,36)(H,30,37)(H2,31,32,39)/t14-,15?,16-,17-,18-,20+/m0/s1. The highest BCUT2D eigenvalue weighted by Gasteiger charge is 2.70. The molecule has 0 aromatic carbocycles. The molecule has 1 heterocycles. The van der Waals surface area contributed by atoms with Crippen LogP contribution in [0, 0.1) is 28.6 Å². The van der Waals surface area contributed by atoms with Gasteiger partial charge in [0.2, 0.25) is 23.5 Å². The van der Waals surface area contributed by atoms with Gasteiger partial charge in [0, 0.05) is 6.54 Å². The molecule has 12 nitrogen and oxygen atoms in total.